The van der Waals surface area contributed by atoms with Gasteiger partial charge in [-0.3, -0.25) is 4.57 Å². The van der Waals surface area contributed by atoms with Crippen LogP contribution in [0.25, 0.3) is 11.2 Å². The van der Waals surface area contributed by atoms with E-state index in [9.17, 15) is 15.3 Å². The molecule has 3 heterocycles. The second-order valence-electron chi connectivity index (χ2n) is 9.60. The van der Waals surface area contributed by atoms with Crippen molar-refractivity contribution in [1.29, 1.82) is 0 Å². The van der Waals surface area contributed by atoms with E-state index in [1.165, 1.54) is 6.33 Å². The molecule has 9 nitrogen and oxygen atoms in total. The largest absolute Gasteiger partial charge is 0.394 e. The smallest absolute Gasteiger partial charge is 0.200 e. The maximum Gasteiger partial charge on any atom is 0.200 e. The zero-order valence-corrected chi connectivity index (χ0v) is 21.6. The molecule has 0 saturated carbocycles. The molecule has 2 aromatic heterocycles. The number of ether oxygens (including phenoxy) is 1. The molecule has 6 rings (SSSR count). The number of benzene rings is 3. The van der Waals surface area contributed by atoms with Gasteiger partial charge in [0.2, 0.25) is 0 Å². The van der Waals surface area contributed by atoms with Gasteiger partial charge < -0.3 is 30.8 Å². The summed E-state index contributed by atoms with van der Waals surface area (Å²) < 4.78 is 8.04. The highest BCUT2D eigenvalue weighted by molar-refractivity contribution is 7.71. The average Bonchev–Trinajstić information content (AvgIpc) is 3.49. The van der Waals surface area contributed by atoms with Crippen LogP contribution >= 0.6 is 12.2 Å². The number of nitrogens with two attached hydrogens (primary N) is 1. The Kier molecular flexibility index (Phi) is 6.29. The van der Waals surface area contributed by atoms with E-state index in [-0.39, 0.29) is 10.6 Å². The van der Waals surface area contributed by atoms with Crippen LogP contribution in [0.15, 0.2) is 97.3 Å². The summed E-state index contributed by atoms with van der Waals surface area (Å²) in [5, 5.41) is 35.5. The Morgan fingerprint density at radius 3 is 1.95 bits per heavy atom. The maximum atomic E-state index is 13.2. The fourth-order valence-corrected chi connectivity index (χ4v) is 6.24. The highest BCUT2D eigenvalue weighted by Crippen LogP contribution is 2.57. The van der Waals surface area contributed by atoms with Crippen LogP contribution in [0.5, 0.6) is 0 Å². The van der Waals surface area contributed by atoms with Gasteiger partial charge in [0, 0.05) is 0 Å². The molecule has 4 atom stereocenters. The predicted octanol–water partition coefficient (Wildman–Crippen LogP) is 3.09. The highest BCUT2D eigenvalue weighted by atomic mass is 32.1. The van der Waals surface area contributed by atoms with Gasteiger partial charge in [0.05, 0.1) is 18.3 Å². The van der Waals surface area contributed by atoms with Gasteiger partial charge in [0.25, 0.3) is 0 Å². The van der Waals surface area contributed by atoms with Crippen molar-refractivity contribution in [3.63, 3.8) is 0 Å². The molecule has 0 bridgehead atoms. The zero-order valence-electron chi connectivity index (χ0n) is 20.8. The number of nitrogen functional groups attached to an aromatic ring is 1. The number of aliphatic hydroxyl groups excluding tert-OH is 2. The summed E-state index contributed by atoms with van der Waals surface area (Å²) in [6.07, 6.45) is -2.43. The van der Waals surface area contributed by atoms with E-state index < -0.39 is 36.1 Å². The van der Waals surface area contributed by atoms with Crippen LogP contribution in [0.3, 0.4) is 0 Å². The van der Waals surface area contributed by atoms with Gasteiger partial charge in [0.1, 0.15) is 23.4 Å². The fourth-order valence-electron chi connectivity index (χ4n) is 5.99. The third-order valence-electron chi connectivity index (χ3n) is 7.60. The first kappa shape index (κ1) is 25.4. The number of hydrogen-bond donors (Lipinski definition) is 5. The summed E-state index contributed by atoms with van der Waals surface area (Å²) in [6.45, 7) is -0.527. The van der Waals surface area contributed by atoms with Gasteiger partial charge in [-0.1, -0.05) is 103 Å². The molecule has 0 amide bonds. The summed E-state index contributed by atoms with van der Waals surface area (Å²) in [6, 6.07) is 28.5. The number of rotatable bonds is 6. The summed E-state index contributed by atoms with van der Waals surface area (Å²) in [7, 11) is 0. The van der Waals surface area contributed by atoms with Crippen molar-refractivity contribution in [3.8, 4) is 0 Å². The van der Waals surface area contributed by atoms with E-state index in [2.05, 4.69) is 15.0 Å². The van der Waals surface area contributed by atoms with E-state index in [1.54, 1.807) is 4.57 Å². The molecule has 0 unspecified atom stereocenters. The molecule has 0 spiro atoms. The molecular formula is C29H27N5O4S. The van der Waals surface area contributed by atoms with Crippen LogP contribution in [-0.4, -0.2) is 59.3 Å². The lowest BCUT2D eigenvalue weighted by molar-refractivity contribution is -0.136. The number of nitrogens with zero attached hydrogens (tertiary/aromatic N) is 3. The van der Waals surface area contributed by atoms with Crippen LogP contribution in [0.1, 0.15) is 22.9 Å². The van der Waals surface area contributed by atoms with E-state index in [1.807, 2.05) is 91.0 Å². The Balaban J connectivity index is 1.75. The van der Waals surface area contributed by atoms with Crippen molar-refractivity contribution in [2.45, 2.75) is 29.5 Å². The zero-order chi connectivity index (χ0) is 27.2. The Hall–Kier alpha value is -3.93. The van der Waals surface area contributed by atoms with E-state index in [4.69, 9.17) is 22.7 Å². The Bertz CT molecular complexity index is 1560. The van der Waals surface area contributed by atoms with Crippen molar-refractivity contribution >= 4 is 29.3 Å². The normalized spacial score (nSPS) is 23.3. The van der Waals surface area contributed by atoms with Crippen LogP contribution < -0.4 is 5.73 Å². The number of aromatic amines is 1. The number of aromatic nitrogens is 4. The third kappa shape index (κ3) is 3.64. The van der Waals surface area contributed by atoms with Crippen molar-refractivity contribution in [3.05, 3.63) is 119 Å². The summed E-state index contributed by atoms with van der Waals surface area (Å²) in [4.78, 5) is 11.5. The van der Waals surface area contributed by atoms with Gasteiger partial charge in [-0.2, -0.15) is 0 Å². The first-order valence-corrected chi connectivity index (χ1v) is 12.9. The van der Waals surface area contributed by atoms with E-state index >= 15 is 0 Å². The number of aliphatic hydroxyl groups is 3. The number of hydrogen-bond acceptors (Lipinski definition) is 8. The molecule has 10 heteroatoms. The standard InChI is InChI=1S/C29H27N5O4S/c30-27-32-24-22(25(39)33-27)31-17-34(24)26-29(37,23(36)21(16-35)38-26)28(18-10-4-1-5-11-18,19-12-6-2-7-13-19)20-14-8-3-9-15-20/h1-15,17,21,23,26,35-37H,16H2,(H3,30,32,33,39)/t21-,23-,26-,29-/m1/s1. The summed E-state index contributed by atoms with van der Waals surface area (Å²) in [5.41, 5.74) is 5.40. The predicted molar refractivity (Wildman–Crippen MR) is 148 cm³/mol. The molecule has 198 valence electrons. The van der Waals surface area contributed by atoms with Gasteiger partial charge in [-0.25, -0.2) is 9.97 Å². The lowest BCUT2D eigenvalue weighted by Gasteiger charge is -2.50. The average molecular weight is 542 g/mol. The lowest BCUT2D eigenvalue weighted by atomic mass is 9.57. The molecule has 39 heavy (non-hydrogen) atoms. The van der Waals surface area contributed by atoms with Crippen molar-refractivity contribution in [1.82, 2.24) is 19.5 Å². The molecule has 0 radical (unpaired) electrons. The molecule has 1 aliphatic rings. The molecule has 1 fully saturated rings. The molecule has 1 aliphatic heterocycles. The van der Waals surface area contributed by atoms with Gasteiger partial charge >= 0.3 is 0 Å². The molecular weight excluding hydrogens is 514 g/mol. The van der Waals surface area contributed by atoms with Crippen molar-refractivity contribution in [2.24, 2.45) is 0 Å². The lowest BCUT2D eigenvalue weighted by Crippen LogP contribution is -2.62. The van der Waals surface area contributed by atoms with E-state index in [0.717, 1.165) is 16.7 Å². The number of anilines is 1. The molecule has 5 aromatic rings. The van der Waals surface area contributed by atoms with E-state index in [0.29, 0.717) is 11.2 Å². The molecule has 1 saturated heterocycles. The highest BCUT2D eigenvalue weighted by Gasteiger charge is 2.68. The van der Waals surface area contributed by atoms with Gasteiger partial charge in [-0.15, -0.1) is 0 Å². The van der Waals surface area contributed by atoms with Crippen LogP contribution in [-0.2, 0) is 10.2 Å². The van der Waals surface area contributed by atoms with Crippen molar-refractivity contribution < 1.29 is 20.1 Å². The Morgan fingerprint density at radius 1 is 0.949 bits per heavy atom. The van der Waals surface area contributed by atoms with Crippen LogP contribution in [0, 0.1) is 4.64 Å². The Labute approximate surface area is 229 Å². The molecule has 0 aliphatic carbocycles. The SMILES string of the molecule is Nc1nc(=S)c2ncn([C@@H]3O[C@H](CO)[C@@H](O)[C@]3(O)C(c3ccccc3)(c3ccccc3)c3ccccc3)c2[nH]1. The molecule has 6 N–H and O–H groups in total. The topological polar surface area (TPSA) is 142 Å². The summed E-state index contributed by atoms with van der Waals surface area (Å²) in [5.74, 6) is 0.0653. The minimum absolute atomic E-state index is 0.0653. The molecule has 3 aromatic carbocycles. The summed E-state index contributed by atoms with van der Waals surface area (Å²) >= 11 is 5.38. The van der Waals surface area contributed by atoms with Crippen LogP contribution in [0.4, 0.5) is 5.95 Å². The third-order valence-corrected chi connectivity index (χ3v) is 7.89. The first-order valence-electron chi connectivity index (χ1n) is 12.5. The second-order valence-corrected chi connectivity index (χ2v) is 9.99. The quantitative estimate of drug-likeness (QED) is 0.163. The second kappa shape index (κ2) is 9.67. The monoisotopic (exact) mass is 541 g/mol. The maximum absolute atomic E-state index is 13.2. The minimum Gasteiger partial charge on any atom is -0.394 e. The van der Waals surface area contributed by atoms with Crippen LogP contribution in [0.2, 0.25) is 0 Å². The van der Waals surface area contributed by atoms with Crippen molar-refractivity contribution in [2.75, 3.05) is 12.3 Å². The fraction of sp³-hybridized carbons (Fsp3) is 0.207. The van der Waals surface area contributed by atoms with Gasteiger partial charge in [0.15, 0.2) is 22.4 Å². The minimum atomic E-state index is -2.09. The number of H-pyrrole nitrogens is 1. The number of nitrogens with one attached hydrogen (secondary N) is 1. The first-order chi connectivity index (χ1) is 18.9. The number of fused-ring (bicyclic) bond motifs is 1. The Morgan fingerprint density at radius 2 is 1.46 bits per heavy atom. The van der Waals surface area contributed by atoms with Gasteiger partial charge in [-0.05, 0) is 16.7 Å². The number of imidazole rings is 1.